The Hall–Kier alpha value is -1.47. The van der Waals surface area contributed by atoms with E-state index in [1.807, 2.05) is 0 Å². The highest BCUT2D eigenvalue weighted by Crippen LogP contribution is 2.23. The highest BCUT2D eigenvalue weighted by Gasteiger charge is 2.20. The second-order valence-electron chi connectivity index (χ2n) is 5.68. The Balaban J connectivity index is 1.91. The van der Waals surface area contributed by atoms with E-state index in [0.717, 1.165) is 30.8 Å². The van der Waals surface area contributed by atoms with Crippen molar-refractivity contribution in [1.29, 1.82) is 0 Å². The third kappa shape index (κ3) is 4.51. The molecular weight excluding hydrogens is 302 g/mol. The topological polar surface area (TPSA) is 71.5 Å². The number of rotatable bonds is 5. The molecular formula is C15H23N3O3S. The van der Waals surface area contributed by atoms with Gasteiger partial charge in [-0.05, 0) is 39.2 Å². The molecule has 2 heterocycles. The molecule has 1 aromatic rings. The molecule has 1 atom stereocenters. The van der Waals surface area contributed by atoms with Gasteiger partial charge in [0.2, 0.25) is 5.91 Å². The van der Waals surface area contributed by atoms with E-state index in [2.05, 4.69) is 22.1 Å². The van der Waals surface area contributed by atoms with E-state index in [1.54, 1.807) is 13.8 Å². The number of piperidine rings is 1. The predicted octanol–water partition coefficient (Wildman–Crippen LogP) is 2.30. The number of carbonyl (C=O) groups excluding carboxylic acids is 2. The third-order valence-corrected chi connectivity index (χ3v) is 4.67. The fraction of sp³-hybridized carbons (Fsp3) is 0.667. The highest BCUT2D eigenvalue weighted by atomic mass is 32.1. The fourth-order valence-corrected chi connectivity index (χ4v) is 3.50. The molecule has 1 aromatic heterocycles. The lowest BCUT2D eigenvalue weighted by atomic mass is 10.0. The number of ether oxygens (including phenoxy) is 1. The molecule has 0 spiro atoms. The van der Waals surface area contributed by atoms with Crippen molar-refractivity contribution in [3.05, 3.63) is 10.6 Å². The normalized spacial score (nSPS) is 19.0. The van der Waals surface area contributed by atoms with E-state index in [9.17, 15) is 9.59 Å². The molecule has 6 nitrogen and oxygen atoms in total. The van der Waals surface area contributed by atoms with Crippen molar-refractivity contribution in [3.8, 4) is 0 Å². The van der Waals surface area contributed by atoms with E-state index in [0.29, 0.717) is 34.8 Å². The first-order chi connectivity index (χ1) is 10.5. The molecule has 1 unspecified atom stereocenters. The molecule has 22 heavy (non-hydrogen) atoms. The van der Waals surface area contributed by atoms with Gasteiger partial charge >= 0.3 is 5.97 Å². The van der Waals surface area contributed by atoms with Gasteiger partial charge in [0, 0.05) is 6.54 Å². The van der Waals surface area contributed by atoms with Crippen LogP contribution < -0.4 is 5.32 Å². The van der Waals surface area contributed by atoms with Gasteiger partial charge in [-0.15, -0.1) is 0 Å². The summed E-state index contributed by atoms with van der Waals surface area (Å²) in [5, 5.41) is 3.24. The van der Waals surface area contributed by atoms with Crippen molar-refractivity contribution in [2.75, 3.05) is 31.6 Å². The Morgan fingerprint density at radius 2 is 2.27 bits per heavy atom. The zero-order valence-corrected chi connectivity index (χ0v) is 14.2. The summed E-state index contributed by atoms with van der Waals surface area (Å²) in [6.07, 6.45) is 2.37. The van der Waals surface area contributed by atoms with Crippen LogP contribution in [-0.2, 0) is 9.53 Å². The lowest BCUT2D eigenvalue weighted by Gasteiger charge is -2.29. The van der Waals surface area contributed by atoms with Gasteiger partial charge in [-0.25, -0.2) is 9.78 Å². The maximum absolute atomic E-state index is 12.1. The Kier molecular flexibility index (Phi) is 5.90. The number of anilines is 1. The van der Waals surface area contributed by atoms with Crippen LogP contribution in [0.25, 0.3) is 0 Å². The minimum absolute atomic E-state index is 0.0849. The molecule has 1 aliphatic heterocycles. The number of esters is 1. The predicted molar refractivity (Wildman–Crippen MR) is 86.3 cm³/mol. The Labute approximate surface area is 134 Å². The molecule has 1 saturated heterocycles. The van der Waals surface area contributed by atoms with Crippen LogP contribution in [-0.4, -0.2) is 48.0 Å². The lowest BCUT2D eigenvalue weighted by Crippen LogP contribution is -2.39. The maximum Gasteiger partial charge on any atom is 0.350 e. The standard InChI is InChI=1S/C15H23N3O3S/c1-4-21-14(20)13-11(3)16-15(22-13)17-12(19)9-18-7-5-6-10(2)8-18/h10H,4-9H2,1-3H3,(H,16,17,19). The third-order valence-electron chi connectivity index (χ3n) is 3.61. The summed E-state index contributed by atoms with van der Waals surface area (Å²) in [6.45, 7) is 8.32. The molecule has 1 amide bonds. The number of carbonyl (C=O) groups is 2. The van der Waals surface area contributed by atoms with Gasteiger partial charge in [0.25, 0.3) is 0 Å². The summed E-state index contributed by atoms with van der Waals surface area (Å²) in [7, 11) is 0. The number of likely N-dealkylation sites (tertiary alicyclic amines) is 1. The molecule has 7 heteroatoms. The van der Waals surface area contributed by atoms with E-state index >= 15 is 0 Å². The lowest BCUT2D eigenvalue weighted by molar-refractivity contribution is -0.117. The van der Waals surface area contributed by atoms with Crippen LogP contribution >= 0.6 is 11.3 Å². The first-order valence-corrected chi connectivity index (χ1v) is 8.48. The summed E-state index contributed by atoms with van der Waals surface area (Å²) < 4.78 is 4.97. The van der Waals surface area contributed by atoms with Crippen LogP contribution in [0.4, 0.5) is 5.13 Å². The van der Waals surface area contributed by atoms with Gasteiger partial charge in [0.1, 0.15) is 4.88 Å². The SMILES string of the molecule is CCOC(=O)c1sc(NC(=O)CN2CCCC(C)C2)nc1C. The molecule has 2 rings (SSSR count). The van der Waals surface area contributed by atoms with Crippen molar-refractivity contribution in [3.63, 3.8) is 0 Å². The summed E-state index contributed by atoms with van der Waals surface area (Å²) >= 11 is 1.16. The smallest absolute Gasteiger partial charge is 0.350 e. The number of hydrogen-bond acceptors (Lipinski definition) is 6. The van der Waals surface area contributed by atoms with Crippen LogP contribution in [0.3, 0.4) is 0 Å². The molecule has 0 aliphatic carbocycles. The average Bonchev–Trinajstić information content (AvgIpc) is 2.79. The van der Waals surface area contributed by atoms with Gasteiger partial charge in [0.15, 0.2) is 5.13 Å². The van der Waals surface area contributed by atoms with Crippen LogP contribution in [0.5, 0.6) is 0 Å². The number of thiazole rings is 1. The summed E-state index contributed by atoms with van der Waals surface area (Å²) in [6, 6.07) is 0. The molecule has 1 fully saturated rings. The van der Waals surface area contributed by atoms with E-state index in [4.69, 9.17) is 4.74 Å². The minimum atomic E-state index is -0.386. The van der Waals surface area contributed by atoms with E-state index in [1.165, 1.54) is 6.42 Å². The van der Waals surface area contributed by atoms with Gasteiger partial charge in [-0.1, -0.05) is 18.3 Å². The molecule has 122 valence electrons. The minimum Gasteiger partial charge on any atom is -0.462 e. The molecule has 0 saturated carbocycles. The quantitative estimate of drug-likeness (QED) is 0.841. The number of nitrogens with zero attached hydrogens (tertiary/aromatic N) is 2. The summed E-state index contributed by atoms with van der Waals surface area (Å²) in [5.74, 6) is 0.167. The van der Waals surface area contributed by atoms with E-state index in [-0.39, 0.29) is 11.9 Å². The average molecular weight is 325 g/mol. The van der Waals surface area contributed by atoms with Crippen molar-refractivity contribution >= 4 is 28.3 Å². The molecule has 0 bridgehead atoms. The van der Waals surface area contributed by atoms with Crippen LogP contribution in [0.1, 0.15) is 42.1 Å². The van der Waals surface area contributed by atoms with Crippen LogP contribution in [0.15, 0.2) is 0 Å². The highest BCUT2D eigenvalue weighted by molar-refractivity contribution is 7.17. The summed E-state index contributed by atoms with van der Waals surface area (Å²) in [4.78, 5) is 30.7. The van der Waals surface area contributed by atoms with Crippen molar-refractivity contribution in [2.45, 2.75) is 33.6 Å². The zero-order chi connectivity index (χ0) is 16.1. The number of aryl methyl sites for hydroxylation is 1. The molecule has 0 aromatic carbocycles. The molecule has 1 N–H and O–H groups in total. The van der Waals surface area contributed by atoms with Gasteiger partial charge in [0.05, 0.1) is 18.8 Å². The maximum atomic E-state index is 12.1. The van der Waals surface area contributed by atoms with Crippen molar-refractivity contribution in [2.24, 2.45) is 5.92 Å². The first kappa shape index (κ1) is 16.9. The van der Waals surface area contributed by atoms with Crippen molar-refractivity contribution < 1.29 is 14.3 Å². The second-order valence-corrected chi connectivity index (χ2v) is 6.68. The van der Waals surface area contributed by atoms with Crippen molar-refractivity contribution in [1.82, 2.24) is 9.88 Å². The van der Waals surface area contributed by atoms with E-state index < -0.39 is 0 Å². The number of aromatic nitrogens is 1. The Bertz CT molecular complexity index is 544. The molecule has 0 radical (unpaired) electrons. The van der Waals surface area contributed by atoms with Crippen LogP contribution in [0.2, 0.25) is 0 Å². The Morgan fingerprint density at radius 1 is 1.50 bits per heavy atom. The van der Waals surface area contributed by atoms with Crippen LogP contribution in [0, 0.1) is 12.8 Å². The number of nitrogens with one attached hydrogen (secondary N) is 1. The monoisotopic (exact) mass is 325 g/mol. The van der Waals surface area contributed by atoms with Gasteiger partial charge in [-0.3, -0.25) is 9.69 Å². The number of amides is 1. The fourth-order valence-electron chi connectivity index (χ4n) is 2.63. The zero-order valence-electron chi connectivity index (χ0n) is 13.3. The van der Waals surface area contributed by atoms with Gasteiger partial charge in [-0.2, -0.15) is 0 Å². The largest absolute Gasteiger partial charge is 0.462 e. The van der Waals surface area contributed by atoms with Gasteiger partial charge < -0.3 is 10.1 Å². The summed E-state index contributed by atoms with van der Waals surface area (Å²) in [5.41, 5.74) is 0.588. The Morgan fingerprint density at radius 3 is 2.95 bits per heavy atom. The molecule has 1 aliphatic rings. The second kappa shape index (κ2) is 7.69. The first-order valence-electron chi connectivity index (χ1n) is 7.66. The number of hydrogen-bond donors (Lipinski definition) is 1.